The topological polar surface area (TPSA) is 49.3 Å². The predicted molar refractivity (Wildman–Crippen MR) is 53.1 cm³/mol. The molecule has 0 saturated heterocycles. The van der Waals surface area contributed by atoms with Gasteiger partial charge < -0.3 is 5.11 Å². The molecule has 2 N–H and O–H groups in total. The highest BCUT2D eigenvalue weighted by atomic mass is 35.5. The first-order valence-electron chi connectivity index (χ1n) is 3.15. The molecule has 0 aliphatic rings. The smallest absolute Gasteiger partial charge is 0.409 e. The normalized spacial score (nSPS) is 9.77. The Morgan fingerprint density at radius 3 is 2.08 bits per heavy atom. The second-order valence-corrected chi connectivity index (χ2v) is 3.43. The lowest BCUT2D eigenvalue weighted by molar-refractivity contribution is 0.210. The van der Waals surface area contributed by atoms with Crippen LogP contribution in [0.5, 0.6) is 0 Å². The van der Waals surface area contributed by atoms with Crippen LogP contribution in [0.3, 0.4) is 0 Å². The quantitative estimate of drug-likeness (QED) is 0.785. The third kappa shape index (κ3) is 2.66. The third-order valence-corrected chi connectivity index (χ3v) is 2.05. The van der Waals surface area contributed by atoms with Gasteiger partial charge in [0.1, 0.15) is 0 Å². The molecular weight excluding hydrogens is 236 g/mol. The summed E-state index contributed by atoms with van der Waals surface area (Å²) in [5, 5.41) is 11.2. The van der Waals surface area contributed by atoms with Gasteiger partial charge in [-0.1, -0.05) is 34.8 Å². The van der Waals surface area contributed by atoms with E-state index in [-0.39, 0.29) is 15.7 Å². The van der Waals surface area contributed by atoms with Crippen LogP contribution in [0.2, 0.25) is 15.1 Å². The number of nitrogens with one attached hydrogen (secondary N) is 1. The summed E-state index contributed by atoms with van der Waals surface area (Å²) in [4.78, 5) is 10.3. The standard InChI is InChI=1S/C7H4Cl3NO2/c8-3-1-4(9)6(5(10)2-3)11-7(12)13/h1-2,11H,(H,12,13). The van der Waals surface area contributed by atoms with Gasteiger partial charge in [0.2, 0.25) is 0 Å². The van der Waals surface area contributed by atoms with E-state index in [4.69, 9.17) is 39.9 Å². The Balaban J connectivity index is 3.13. The van der Waals surface area contributed by atoms with Crippen molar-refractivity contribution in [2.24, 2.45) is 0 Å². The average Bonchev–Trinajstić information content (AvgIpc) is 1.96. The number of halogens is 3. The first kappa shape index (κ1) is 10.4. The molecule has 0 unspecified atom stereocenters. The van der Waals surface area contributed by atoms with Gasteiger partial charge in [-0.15, -0.1) is 0 Å². The molecule has 1 aromatic carbocycles. The summed E-state index contributed by atoms with van der Waals surface area (Å²) in [5.74, 6) is 0. The Kier molecular flexibility index (Phi) is 3.25. The second kappa shape index (κ2) is 4.05. The minimum Gasteiger partial charge on any atom is -0.465 e. The fourth-order valence-corrected chi connectivity index (χ4v) is 1.68. The molecular formula is C7H4Cl3NO2. The van der Waals surface area contributed by atoms with E-state index in [9.17, 15) is 4.79 Å². The molecule has 6 heteroatoms. The first-order chi connectivity index (χ1) is 6.00. The summed E-state index contributed by atoms with van der Waals surface area (Å²) in [6.45, 7) is 0. The van der Waals surface area contributed by atoms with Crippen molar-refractivity contribution >= 4 is 46.6 Å². The number of rotatable bonds is 1. The Morgan fingerprint density at radius 1 is 1.23 bits per heavy atom. The Labute approximate surface area is 89.2 Å². The molecule has 1 amide bonds. The van der Waals surface area contributed by atoms with E-state index in [0.717, 1.165) is 0 Å². The number of hydrogen-bond acceptors (Lipinski definition) is 1. The molecule has 1 rings (SSSR count). The van der Waals surface area contributed by atoms with Crippen LogP contribution in [0.1, 0.15) is 0 Å². The van der Waals surface area contributed by atoms with E-state index in [0.29, 0.717) is 5.02 Å². The molecule has 0 spiro atoms. The molecule has 1 aromatic rings. The molecule has 0 aliphatic heterocycles. The zero-order valence-electron chi connectivity index (χ0n) is 6.14. The van der Waals surface area contributed by atoms with Gasteiger partial charge in [-0.05, 0) is 12.1 Å². The van der Waals surface area contributed by atoms with Crippen LogP contribution in [-0.4, -0.2) is 11.2 Å². The van der Waals surface area contributed by atoms with Gasteiger partial charge in [-0.3, -0.25) is 5.32 Å². The van der Waals surface area contributed by atoms with Crippen molar-refractivity contribution in [3.8, 4) is 0 Å². The minimum atomic E-state index is -1.23. The molecule has 0 aromatic heterocycles. The lowest BCUT2D eigenvalue weighted by atomic mass is 10.3. The fourth-order valence-electron chi connectivity index (χ4n) is 0.769. The van der Waals surface area contributed by atoms with Crippen molar-refractivity contribution in [3.63, 3.8) is 0 Å². The largest absolute Gasteiger partial charge is 0.465 e. The third-order valence-electron chi connectivity index (χ3n) is 1.24. The maximum atomic E-state index is 10.3. The Morgan fingerprint density at radius 2 is 1.69 bits per heavy atom. The molecule has 0 bridgehead atoms. The van der Waals surface area contributed by atoms with E-state index < -0.39 is 6.09 Å². The SMILES string of the molecule is O=C(O)Nc1c(Cl)cc(Cl)cc1Cl. The van der Waals surface area contributed by atoms with Gasteiger partial charge >= 0.3 is 6.09 Å². The zero-order chi connectivity index (χ0) is 10.0. The molecule has 70 valence electrons. The Hall–Kier alpha value is -0.640. The summed E-state index contributed by atoms with van der Waals surface area (Å²) >= 11 is 17.0. The highest BCUT2D eigenvalue weighted by Crippen LogP contribution is 2.33. The molecule has 0 radical (unpaired) electrons. The van der Waals surface area contributed by atoms with E-state index in [2.05, 4.69) is 5.32 Å². The van der Waals surface area contributed by atoms with E-state index >= 15 is 0 Å². The van der Waals surface area contributed by atoms with Crippen molar-refractivity contribution in [2.45, 2.75) is 0 Å². The van der Waals surface area contributed by atoms with Gasteiger partial charge in [0.05, 0.1) is 15.7 Å². The summed E-state index contributed by atoms with van der Waals surface area (Å²) in [5.41, 5.74) is 0.139. The van der Waals surface area contributed by atoms with Crippen molar-refractivity contribution in [1.82, 2.24) is 0 Å². The maximum absolute atomic E-state index is 10.3. The van der Waals surface area contributed by atoms with Gasteiger partial charge in [-0.2, -0.15) is 0 Å². The molecule has 0 aliphatic carbocycles. The first-order valence-corrected chi connectivity index (χ1v) is 4.28. The van der Waals surface area contributed by atoms with Crippen LogP contribution < -0.4 is 5.32 Å². The molecule has 0 saturated carbocycles. The van der Waals surface area contributed by atoms with Gasteiger partial charge in [0, 0.05) is 5.02 Å². The summed E-state index contributed by atoms with van der Waals surface area (Å²) in [6, 6.07) is 2.81. The lowest BCUT2D eigenvalue weighted by Gasteiger charge is -2.06. The summed E-state index contributed by atoms with van der Waals surface area (Å²) in [7, 11) is 0. The molecule has 0 atom stereocenters. The van der Waals surface area contributed by atoms with E-state index in [1.807, 2.05) is 0 Å². The number of anilines is 1. The van der Waals surface area contributed by atoms with E-state index in [1.165, 1.54) is 12.1 Å². The highest BCUT2D eigenvalue weighted by molar-refractivity contribution is 6.42. The van der Waals surface area contributed by atoms with Gasteiger partial charge in [0.25, 0.3) is 0 Å². The molecule has 3 nitrogen and oxygen atoms in total. The van der Waals surface area contributed by atoms with Crippen molar-refractivity contribution in [3.05, 3.63) is 27.2 Å². The predicted octanol–water partition coefficient (Wildman–Crippen LogP) is 3.74. The van der Waals surface area contributed by atoms with Gasteiger partial charge in [-0.25, -0.2) is 4.79 Å². The number of hydrogen-bond donors (Lipinski definition) is 2. The zero-order valence-corrected chi connectivity index (χ0v) is 8.41. The summed E-state index contributed by atoms with van der Waals surface area (Å²) < 4.78 is 0. The van der Waals surface area contributed by atoms with Crippen LogP contribution in [0.25, 0.3) is 0 Å². The number of amides is 1. The van der Waals surface area contributed by atoms with Crippen molar-refractivity contribution in [2.75, 3.05) is 5.32 Å². The number of carbonyl (C=O) groups is 1. The lowest BCUT2D eigenvalue weighted by Crippen LogP contribution is -2.08. The molecule has 13 heavy (non-hydrogen) atoms. The van der Waals surface area contributed by atoms with Crippen LogP contribution in [0.15, 0.2) is 12.1 Å². The van der Waals surface area contributed by atoms with E-state index in [1.54, 1.807) is 0 Å². The van der Waals surface area contributed by atoms with Crippen LogP contribution in [-0.2, 0) is 0 Å². The van der Waals surface area contributed by atoms with Crippen molar-refractivity contribution < 1.29 is 9.90 Å². The molecule has 0 heterocycles. The van der Waals surface area contributed by atoms with Crippen molar-refractivity contribution in [1.29, 1.82) is 0 Å². The maximum Gasteiger partial charge on any atom is 0.409 e. The monoisotopic (exact) mass is 239 g/mol. The number of benzene rings is 1. The summed E-state index contributed by atoms with van der Waals surface area (Å²) in [6.07, 6.45) is -1.23. The highest BCUT2D eigenvalue weighted by Gasteiger charge is 2.09. The van der Waals surface area contributed by atoms with Crippen LogP contribution >= 0.6 is 34.8 Å². The second-order valence-electron chi connectivity index (χ2n) is 2.17. The Bertz CT molecular complexity index is 331. The van der Waals surface area contributed by atoms with Crippen LogP contribution in [0.4, 0.5) is 10.5 Å². The average molecular weight is 240 g/mol. The van der Waals surface area contributed by atoms with Gasteiger partial charge in [0.15, 0.2) is 0 Å². The number of carboxylic acid groups (broad SMARTS) is 1. The molecule has 0 fully saturated rings. The minimum absolute atomic E-state index is 0.139. The fraction of sp³-hybridized carbons (Fsp3) is 0. The van der Waals surface area contributed by atoms with Crippen LogP contribution in [0, 0.1) is 0 Å².